The summed E-state index contributed by atoms with van der Waals surface area (Å²) in [6, 6.07) is 23.3. The highest BCUT2D eigenvalue weighted by Gasteiger charge is 2.24. The highest BCUT2D eigenvalue weighted by molar-refractivity contribution is 6.03. The minimum Gasteiger partial charge on any atom is -0.497 e. The lowest BCUT2D eigenvalue weighted by atomic mass is 9.94. The summed E-state index contributed by atoms with van der Waals surface area (Å²) in [6.45, 7) is 4.15. The Kier molecular flexibility index (Phi) is 6.36. The lowest BCUT2D eigenvalue weighted by Crippen LogP contribution is -2.25. The SMILES string of the molecule is COc1ccc(C2=C(c3ccc(OCCN4CCCC4)cc3)c3ccc(OC)cc3C2)cc1. The van der Waals surface area contributed by atoms with Gasteiger partial charge in [-0.2, -0.15) is 0 Å². The van der Waals surface area contributed by atoms with E-state index in [9.17, 15) is 0 Å². The van der Waals surface area contributed by atoms with Crippen molar-refractivity contribution in [2.75, 3.05) is 40.5 Å². The molecule has 4 heteroatoms. The third-order valence-electron chi connectivity index (χ3n) is 6.71. The number of rotatable bonds is 8. The molecule has 1 saturated heterocycles. The van der Waals surface area contributed by atoms with Crippen LogP contribution in [0.3, 0.4) is 0 Å². The van der Waals surface area contributed by atoms with Crippen LogP contribution in [0.25, 0.3) is 11.1 Å². The summed E-state index contributed by atoms with van der Waals surface area (Å²) >= 11 is 0. The molecule has 0 aromatic heterocycles. The minimum absolute atomic E-state index is 0.738. The predicted octanol–water partition coefficient (Wildman–Crippen LogP) is 5.69. The molecule has 0 N–H and O–H groups in total. The van der Waals surface area contributed by atoms with E-state index in [0.717, 1.165) is 36.8 Å². The molecule has 1 heterocycles. The minimum atomic E-state index is 0.738. The maximum atomic E-state index is 6.03. The van der Waals surface area contributed by atoms with E-state index in [1.165, 1.54) is 59.3 Å². The van der Waals surface area contributed by atoms with Crippen LogP contribution < -0.4 is 14.2 Å². The molecule has 33 heavy (non-hydrogen) atoms. The highest BCUT2D eigenvalue weighted by atomic mass is 16.5. The second kappa shape index (κ2) is 9.72. The molecule has 0 atom stereocenters. The number of hydrogen-bond donors (Lipinski definition) is 0. The molecular weight excluding hydrogens is 410 g/mol. The first-order valence-electron chi connectivity index (χ1n) is 11.8. The van der Waals surface area contributed by atoms with Crippen molar-refractivity contribution in [3.63, 3.8) is 0 Å². The molecule has 3 aromatic rings. The van der Waals surface area contributed by atoms with Gasteiger partial charge >= 0.3 is 0 Å². The number of ether oxygens (including phenoxy) is 3. The lowest BCUT2D eigenvalue weighted by Gasteiger charge is -2.15. The van der Waals surface area contributed by atoms with E-state index in [-0.39, 0.29) is 0 Å². The van der Waals surface area contributed by atoms with E-state index in [1.807, 2.05) is 18.2 Å². The Bertz CT molecular complexity index is 1130. The number of hydrogen-bond acceptors (Lipinski definition) is 4. The molecule has 2 aliphatic rings. The number of methoxy groups -OCH3 is 2. The molecule has 0 bridgehead atoms. The van der Waals surface area contributed by atoms with Crippen LogP contribution in [0, 0.1) is 0 Å². The Labute approximate surface area is 196 Å². The fourth-order valence-corrected chi connectivity index (χ4v) is 4.91. The van der Waals surface area contributed by atoms with Gasteiger partial charge in [0.2, 0.25) is 0 Å². The van der Waals surface area contributed by atoms with Crippen molar-refractivity contribution in [1.29, 1.82) is 0 Å². The van der Waals surface area contributed by atoms with Crippen molar-refractivity contribution < 1.29 is 14.2 Å². The molecule has 0 amide bonds. The Morgan fingerprint density at radius 3 is 2.06 bits per heavy atom. The second-order valence-electron chi connectivity index (χ2n) is 8.70. The van der Waals surface area contributed by atoms with Crippen molar-refractivity contribution in [2.24, 2.45) is 0 Å². The summed E-state index contributed by atoms with van der Waals surface area (Å²) in [5.41, 5.74) is 7.58. The molecule has 0 unspecified atom stereocenters. The van der Waals surface area contributed by atoms with E-state index in [1.54, 1.807) is 14.2 Å². The van der Waals surface area contributed by atoms with Gasteiger partial charge in [-0.25, -0.2) is 0 Å². The van der Waals surface area contributed by atoms with Crippen LogP contribution in [0.1, 0.15) is 35.1 Å². The molecule has 1 aliphatic carbocycles. The normalized spacial score (nSPS) is 15.6. The fourth-order valence-electron chi connectivity index (χ4n) is 4.91. The standard InChI is InChI=1S/C29H31NO3/c1-31-24-9-5-21(6-10-24)28-20-23-19-26(32-2)13-14-27(23)29(28)22-7-11-25(12-8-22)33-18-17-30-15-3-4-16-30/h5-14,19H,3-4,15-18,20H2,1-2H3. The molecule has 1 aliphatic heterocycles. The molecule has 1 fully saturated rings. The molecule has 170 valence electrons. The summed E-state index contributed by atoms with van der Waals surface area (Å²) < 4.78 is 16.9. The summed E-state index contributed by atoms with van der Waals surface area (Å²) in [5, 5.41) is 0. The highest BCUT2D eigenvalue weighted by Crippen LogP contribution is 2.43. The summed E-state index contributed by atoms with van der Waals surface area (Å²) in [4.78, 5) is 2.48. The largest absolute Gasteiger partial charge is 0.497 e. The average molecular weight is 442 g/mol. The maximum absolute atomic E-state index is 6.03. The molecule has 4 nitrogen and oxygen atoms in total. The number of fused-ring (bicyclic) bond motifs is 1. The first-order valence-corrected chi connectivity index (χ1v) is 11.8. The van der Waals surface area contributed by atoms with Crippen LogP contribution in [0.2, 0.25) is 0 Å². The van der Waals surface area contributed by atoms with Gasteiger partial charge in [-0.15, -0.1) is 0 Å². The number of nitrogens with zero attached hydrogens (tertiary/aromatic N) is 1. The van der Waals surface area contributed by atoms with Crippen LogP contribution in [-0.4, -0.2) is 45.4 Å². The Hall–Kier alpha value is -3.24. The number of benzene rings is 3. The molecule has 0 radical (unpaired) electrons. The molecule has 0 saturated carbocycles. The van der Waals surface area contributed by atoms with Crippen LogP contribution in [0.15, 0.2) is 66.7 Å². The Morgan fingerprint density at radius 2 is 1.36 bits per heavy atom. The van der Waals surface area contributed by atoms with E-state index in [0.29, 0.717) is 0 Å². The van der Waals surface area contributed by atoms with Crippen molar-refractivity contribution in [1.82, 2.24) is 4.90 Å². The van der Waals surface area contributed by atoms with Crippen LogP contribution in [-0.2, 0) is 6.42 Å². The Morgan fingerprint density at radius 1 is 0.727 bits per heavy atom. The van der Waals surface area contributed by atoms with Crippen LogP contribution in [0.5, 0.6) is 17.2 Å². The van der Waals surface area contributed by atoms with Crippen molar-refractivity contribution in [3.8, 4) is 17.2 Å². The summed E-state index contributed by atoms with van der Waals surface area (Å²) in [7, 11) is 3.42. The topological polar surface area (TPSA) is 30.9 Å². The van der Waals surface area contributed by atoms with Gasteiger partial charge in [0.25, 0.3) is 0 Å². The number of allylic oxidation sites excluding steroid dienone is 1. The van der Waals surface area contributed by atoms with E-state index >= 15 is 0 Å². The smallest absolute Gasteiger partial charge is 0.119 e. The fraction of sp³-hybridized carbons (Fsp3) is 0.310. The van der Waals surface area contributed by atoms with Gasteiger partial charge in [-0.3, -0.25) is 4.90 Å². The van der Waals surface area contributed by atoms with Gasteiger partial charge in [0.1, 0.15) is 23.9 Å². The van der Waals surface area contributed by atoms with Gasteiger partial charge in [0, 0.05) is 6.54 Å². The van der Waals surface area contributed by atoms with Gasteiger partial charge in [0.05, 0.1) is 14.2 Å². The van der Waals surface area contributed by atoms with Crippen molar-refractivity contribution in [3.05, 3.63) is 89.0 Å². The first-order chi connectivity index (χ1) is 16.2. The molecular formula is C29H31NO3. The van der Waals surface area contributed by atoms with Gasteiger partial charge in [-0.1, -0.05) is 30.3 Å². The molecule has 0 spiro atoms. The van der Waals surface area contributed by atoms with Gasteiger partial charge in [0.15, 0.2) is 0 Å². The quantitative estimate of drug-likeness (QED) is 0.449. The lowest BCUT2D eigenvalue weighted by molar-refractivity contribution is 0.238. The van der Waals surface area contributed by atoms with E-state index in [4.69, 9.17) is 14.2 Å². The predicted molar refractivity (Wildman–Crippen MR) is 133 cm³/mol. The van der Waals surface area contributed by atoms with Gasteiger partial charge in [-0.05, 0) is 102 Å². The first kappa shape index (κ1) is 21.6. The van der Waals surface area contributed by atoms with Crippen molar-refractivity contribution in [2.45, 2.75) is 19.3 Å². The zero-order valence-corrected chi connectivity index (χ0v) is 19.5. The third-order valence-corrected chi connectivity index (χ3v) is 6.71. The van der Waals surface area contributed by atoms with Gasteiger partial charge < -0.3 is 14.2 Å². The maximum Gasteiger partial charge on any atom is 0.119 e. The average Bonchev–Trinajstić information content (AvgIpc) is 3.52. The van der Waals surface area contributed by atoms with E-state index in [2.05, 4.69) is 53.4 Å². The van der Waals surface area contributed by atoms with Crippen LogP contribution >= 0.6 is 0 Å². The molecule has 5 rings (SSSR count). The zero-order chi connectivity index (χ0) is 22.6. The van der Waals surface area contributed by atoms with Crippen LogP contribution in [0.4, 0.5) is 0 Å². The zero-order valence-electron chi connectivity index (χ0n) is 19.5. The number of likely N-dealkylation sites (tertiary alicyclic amines) is 1. The van der Waals surface area contributed by atoms with E-state index < -0.39 is 0 Å². The summed E-state index contributed by atoms with van der Waals surface area (Å²) in [5.74, 6) is 2.69. The second-order valence-corrected chi connectivity index (χ2v) is 8.70. The third kappa shape index (κ3) is 4.62. The molecule has 3 aromatic carbocycles. The van der Waals surface area contributed by atoms with Crippen molar-refractivity contribution >= 4 is 11.1 Å². The monoisotopic (exact) mass is 441 g/mol. The Balaban J connectivity index is 1.42. The summed E-state index contributed by atoms with van der Waals surface area (Å²) in [6.07, 6.45) is 3.50.